The summed E-state index contributed by atoms with van der Waals surface area (Å²) in [5.41, 5.74) is 6.58. The zero-order chi connectivity index (χ0) is 21.0. The van der Waals surface area contributed by atoms with Gasteiger partial charge in [0.25, 0.3) is 5.91 Å². The lowest BCUT2D eigenvalue weighted by molar-refractivity contribution is -0.181. The van der Waals surface area contributed by atoms with Crippen molar-refractivity contribution in [2.24, 2.45) is 5.73 Å². The summed E-state index contributed by atoms with van der Waals surface area (Å²) in [5, 5.41) is 14.8. The molecular weight excluding hydrogens is 376 g/mol. The number of carbonyl (C=O) groups is 4. The molecule has 2 aliphatic heterocycles. The lowest BCUT2D eigenvalue weighted by Crippen LogP contribution is -2.63. The van der Waals surface area contributed by atoms with Gasteiger partial charge in [-0.25, -0.2) is 9.80 Å². The van der Waals surface area contributed by atoms with Crippen LogP contribution in [0, 0.1) is 0 Å². The van der Waals surface area contributed by atoms with Gasteiger partial charge < -0.3 is 10.8 Å². The Balaban J connectivity index is 1.75. The highest BCUT2D eigenvalue weighted by molar-refractivity contribution is 5.92. The maximum absolute atomic E-state index is 13.1. The van der Waals surface area contributed by atoms with Crippen LogP contribution in [0.15, 0.2) is 30.3 Å². The molecule has 0 radical (unpaired) electrons. The van der Waals surface area contributed by atoms with E-state index in [9.17, 15) is 24.3 Å². The number of carboxylic acid groups (broad SMARTS) is 1. The predicted molar refractivity (Wildman–Crippen MR) is 103 cm³/mol. The normalized spacial score (nSPS) is 23.3. The standard InChI is InChI=1S/C20H26N4O5/c21-18(26)14(9-8-13-5-2-1-3-6-13)22-15-10-11-17(25)23-12-4-7-16(20(28)29)24(23)19(15)27/h1-3,5-6,14-16,22H,4,7-12H2,(H2,21,26)(H,28,29). The van der Waals surface area contributed by atoms with Gasteiger partial charge in [0.1, 0.15) is 0 Å². The molecule has 1 aromatic carbocycles. The first-order chi connectivity index (χ1) is 13.9. The maximum Gasteiger partial charge on any atom is 0.328 e. The van der Waals surface area contributed by atoms with Gasteiger partial charge in [0.05, 0.1) is 12.1 Å². The van der Waals surface area contributed by atoms with Crippen LogP contribution in [0.25, 0.3) is 0 Å². The molecule has 0 spiro atoms. The molecule has 2 aliphatic rings. The Bertz CT molecular complexity index is 784. The molecule has 29 heavy (non-hydrogen) atoms. The van der Waals surface area contributed by atoms with Crippen molar-refractivity contribution in [3.63, 3.8) is 0 Å². The van der Waals surface area contributed by atoms with Crippen LogP contribution in [0.4, 0.5) is 0 Å². The van der Waals surface area contributed by atoms with Crippen molar-refractivity contribution in [1.82, 2.24) is 15.3 Å². The Hall–Kier alpha value is -2.94. The molecule has 2 saturated heterocycles. The van der Waals surface area contributed by atoms with Crippen LogP contribution in [-0.4, -0.2) is 63.5 Å². The van der Waals surface area contributed by atoms with Gasteiger partial charge >= 0.3 is 5.97 Å². The number of nitrogens with zero attached hydrogens (tertiary/aromatic N) is 2. The van der Waals surface area contributed by atoms with E-state index in [1.165, 1.54) is 5.01 Å². The molecule has 2 heterocycles. The zero-order valence-electron chi connectivity index (χ0n) is 16.1. The molecule has 0 bridgehead atoms. The minimum atomic E-state index is -1.15. The van der Waals surface area contributed by atoms with Crippen molar-refractivity contribution in [3.8, 4) is 0 Å². The molecule has 2 fully saturated rings. The fourth-order valence-electron chi connectivity index (χ4n) is 3.92. The fraction of sp³-hybridized carbons (Fsp3) is 0.500. The second kappa shape index (κ2) is 9.04. The van der Waals surface area contributed by atoms with Crippen molar-refractivity contribution >= 4 is 23.7 Å². The van der Waals surface area contributed by atoms with Crippen molar-refractivity contribution < 1.29 is 24.3 Å². The van der Waals surface area contributed by atoms with Gasteiger partial charge in [0, 0.05) is 13.0 Å². The third-order valence-corrected chi connectivity index (χ3v) is 5.46. The van der Waals surface area contributed by atoms with E-state index in [-0.39, 0.29) is 25.2 Å². The van der Waals surface area contributed by atoms with Crippen molar-refractivity contribution in [2.75, 3.05) is 6.54 Å². The molecule has 0 aromatic heterocycles. The second-order valence-electron chi connectivity index (χ2n) is 7.43. The summed E-state index contributed by atoms with van der Waals surface area (Å²) in [4.78, 5) is 49.2. The number of benzene rings is 1. The van der Waals surface area contributed by atoms with E-state index in [1.807, 2.05) is 30.3 Å². The number of nitrogens with two attached hydrogens (primary N) is 1. The topological polar surface area (TPSA) is 133 Å². The molecule has 3 atom stereocenters. The Morgan fingerprint density at radius 2 is 1.93 bits per heavy atom. The first-order valence-electron chi connectivity index (χ1n) is 9.84. The van der Waals surface area contributed by atoms with Crippen LogP contribution in [0.1, 0.15) is 37.7 Å². The van der Waals surface area contributed by atoms with Gasteiger partial charge in [0.15, 0.2) is 6.04 Å². The van der Waals surface area contributed by atoms with Gasteiger partial charge in [-0.1, -0.05) is 30.3 Å². The van der Waals surface area contributed by atoms with Gasteiger partial charge in [0.2, 0.25) is 11.8 Å². The molecule has 156 valence electrons. The Kier molecular flexibility index (Phi) is 6.48. The molecule has 3 amide bonds. The number of fused-ring (bicyclic) bond motifs is 1. The Labute approximate surface area is 168 Å². The van der Waals surface area contributed by atoms with Crippen molar-refractivity contribution in [3.05, 3.63) is 35.9 Å². The fourth-order valence-corrected chi connectivity index (χ4v) is 3.92. The number of rotatable bonds is 7. The minimum Gasteiger partial charge on any atom is -0.480 e. The number of primary amides is 1. The average molecular weight is 402 g/mol. The number of hydrazine groups is 1. The second-order valence-corrected chi connectivity index (χ2v) is 7.43. The molecule has 9 nitrogen and oxygen atoms in total. The van der Waals surface area contributed by atoms with Gasteiger partial charge in [-0.2, -0.15) is 0 Å². The smallest absolute Gasteiger partial charge is 0.328 e. The number of aliphatic carboxylic acids is 1. The first kappa shape index (κ1) is 20.8. The highest BCUT2D eigenvalue weighted by Gasteiger charge is 2.44. The number of hydrogen-bond acceptors (Lipinski definition) is 5. The molecule has 1 aromatic rings. The van der Waals surface area contributed by atoms with E-state index in [1.54, 1.807) is 0 Å². The average Bonchev–Trinajstić information content (AvgIpc) is 2.83. The first-order valence-corrected chi connectivity index (χ1v) is 9.84. The van der Waals surface area contributed by atoms with Crippen LogP contribution in [-0.2, 0) is 25.6 Å². The summed E-state index contributed by atoms with van der Waals surface area (Å²) in [7, 11) is 0. The largest absolute Gasteiger partial charge is 0.480 e. The lowest BCUT2D eigenvalue weighted by Gasteiger charge is -2.42. The third-order valence-electron chi connectivity index (χ3n) is 5.46. The monoisotopic (exact) mass is 402 g/mol. The number of carbonyl (C=O) groups excluding carboxylic acids is 3. The molecule has 0 aliphatic carbocycles. The van der Waals surface area contributed by atoms with E-state index in [0.29, 0.717) is 25.8 Å². The highest BCUT2D eigenvalue weighted by atomic mass is 16.4. The maximum atomic E-state index is 13.1. The molecule has 0 saturated carbocycles. The predicted octanol–water partition coefficient (Wildman–Crippen LogP) is 0.0443. The van der Waals surface area contributed by atoms with Crippen LogP contribution < -0.4 is 11.1 Å². The molecule has 9 heteroatoms. The van der Waals surface area contributed by atoms with E-state index in [4.69, 9.17) is 5.73 Å². The number of amides is 3. The quantitative estimate of drug-likeness (QED) is 0.590. The summed E-state index contributed by atoms with van der Waals surface area (Å²) >= 11 is 0. The molecule has 3 rings (SSSR count). The number of aryl methyl sites for hydroxylation is 1. The summed E-state index contributed by atoms with van der Waals surface area (Å²) in [6.45, 7) is 0.314. The zero-order valence-corrected chi connectivity index (χ0v) is 16.1. The van der Waals surface area contributed by atoms with Crippen LogP contribution >= 0.6 is 0 Å². The summed E-state index contributed by atoms with van der Waals surface area (Å²) < 4.78 is 0. The molecular formula is C20H26N4O5. The summed E-state index contributed by atoms with van der Waals surface area (Å²) in [6.07, 6.45) is 2.07. The van der Waals surface area contributed by atoms with Crippen molar-refractivity contribution in [1.29, 1.82) is 0 Å². The van der Waals surface area contributed by atoms with E-state index < -0.39 is 35.9 Å². The van der Waals surface area contributed by atoms with Gasteiger partial charge in [-0.15, -0.1) is 0 Å². The SMILES string of the molecule is NC(=O)C(CCc1ccccc1)NC1CCC(=O)N2CCCC(C(=O)O)N2C1=O. The van der Waals surface area contributed by atoms with Crippen molar-refractivity contribution in [2.45, 2.75) is 56.7 Å². The van der Waals surface area contributed by atoms with Crippen LogP contribution in [0.3, 0.4) is 0 Å². The number of nitrogens with one attached hydrogen (secondary N) is 1. The van der Waals surface area contributed by atoms with E-state index in [2.05, 4.69) is 5.32 Å². The summed E-state index contributed by atoms with van der Waals surface area (Å²) in [6, 6.07) is 6.89. The lowest BCUT2D eigenvalue weighted by atomic mass is 10.0. The number of carboxylic acids is 1. The minimum absolute atomic E-state index is 0.0937. The van der Waals surface area contributed by atoms with E-state index in [0.717, 1.165) is 10.6 Å². The molecule has 4 N–H and O–H groups in total. The van der Waals surface area contributed by atoms with Crippen LogP contribution in [0.5, 0.6) is 0 Å². The van der Waals surface area contributed by atoms with Gasteiger partial charge in [-0.3, -0.25) is 24.7 Å². The van der Waals surface area contributed by atoms with Crippen LogP contribution in [0.2, 0.25) is 0 Å². The Morgan fingerprint density at radius 3 is 2.59 bits per heavy atom. The third kappa shape index (κ3) is 4.73. The van der Waals surface area contributed by atoms with Gasteiger partial charge in [-0.05, 0) is 37.7 Å². The molecule has 3 unspecified atom stereocenters. The Morgan fingerprint density at radius 1 is 1.21 bits per heavy atom. The van der Waals surface area contributed by atoms with E-state index >= 15 is 0 Å². The summed E-state index contributed by atoms with van der Waals surface area (Å²) in [5.74, 6) is -2.52. The number of hydrogen-bond donors (Lipinski definition) is 3. The highest BCUT2D eigenvalue weighted by Crippen LogP contribution is 2.25.